The van der Waals surface area contributed by atoms with Crippen LogP contribution in [0.15, 0.2) is 0 Å². The number of carbonyl (C=O) groups excluding carboxylic acids is 1. The molecule has 5 N–H and O–H groups in total. The van der Waals surface area contributed by atoms with Crippen molar-refractivity contribution in [2.24, 2.45) is 0 Å². The van der Waals surface area contributed by atoms with Gasteiger partial charge in [-0.2, -0.15) is 0 Å². The van der Waals surface area contributed by atoms with Gasteiger partial charge < -0.3 is 25.5 Å². The zero-order valence-corrected chi connectivity index (χ0v) is 6.29. The van der Waals surface area contributed by atoms with Gasteiger partial charge in [0, 0.05) is 0 Å². The molecular formula is C6H13NaO6. The molecule has 7 heteroatoms. The van der Waals surface area contributed by atoms with Crippen LogP contribution in [-0.2, 0) is 4.79 Å². The fourth-order valence-electron chi connectivity index (χ4n) is 0.602. The Morgan fingerprint density at radius 2 is 1.62 bits per heavy atom. The van der Waals surface area contributed by atoms with E-state index in [1.807, 2.05) is 0 Å². The minimum atomic E-state index is -1.86. The summed E-state index contributed by atoms with van der Waals surface area (Å²) in [5.41, 5.74) is 0. The normalized spacial score (nSPS) is 17.0. The van der Waals surface area contributed by atoms with Gasteiger partial charge >= 0.3 is 29.6 Å². The van der Waals surface area contributed by atoms with E-state index in [1.54, 1.807) is 0 Å². The molecule has 0 radical (unpaired) electrons. The molecule has 0 heterocycles. The zero-order chi connectivity index (χ0) is 9.72. The first-order valence-corrected chi connectivity index (χ1v) is 3.33. The second-order valence-corrected chi connectivity index (χ2v) is 2.31. The second-order valence-electron chi connectivity index (χ2n) is 2.31. The van der Waals surface area contributed by atoms with E-state index in [0.29, 0.717) is 0 Å². The van der Waals surface area contributed by atoms with E-state index in [2.05, 4.69) is 0 Å². The van der Waals surface area contributed by atoms with Crippen molar-refractivity contribution in [1.82, 2.24) is 0 Å². The Bertz CT molecular complexity index is 152. The molecule has 0 fully saturated rings. The van der Waals surface area contributed by atoms with E-state index in [-0.39, 0.29) is 29.6 Å². The van der Waals surface area contributed by atoms with Crippen LogP contribution in [0.1, 0.15) is 0 Å². The maximum atomic E-state index is 10.5. The van der Waals surface area contributed by atoms with Gasteiger partial charge in [-0.25, -0.2) is 0 Å². The molecule has 0 aliphatic carbocycles. The first-order chi connectivity index (χ1) is 5.54. The summed E-state index contributed by atoms with van der Waals surface area (Å²) in [7, 11) is 0. The molecule has 0 saturated carbocycles. The van der Waals surface area contributed by atoms with Gasteiger partial charge in [0.05, 0.1) is 6.61 Å². The monoisotopic (exact) mass is 204 g/mol. The fraction of sp³-hybridized carbons (Fsp3) is 0.833. The van der Waals surface area contributed by atoms with Crippen LogP contribution >= 0.6 is 0 Å². The number of hydrogen-bond donors (Lipinski definition) is 5. The van der Waals surface area contributed by atoms with Gasteiger partial charge in [-0.05, 0) is 0 Å². The molecule has 13 heavy (non-hydrogen) atoms. The van der Waals surface area contributed by atoms with Crippen LogP contribution < -0.4 is 0 Å². The molecule has 0 aromatic carbocycles. The molecular weight excluding hydrogens is 191 g/mol. The Labute approximate surface area is 97.1 Å². The summed E-state index contributed by atoms with van der Waals surface area (Å²) < 4.78 is 0. The standard InChI is InChI=1S/C6H12O6.Na.H/c7-1-3(9)5(11)6(12)4(10)2-8;;/h3,5-9,11-12H,1-2H2;;/t3-,5-,6-;;/m1../s1. The Kier molecular flexibility index (Phi) is 9.60. The van der Waals surface area contributed by atoms with Gasteiger partial charge in [0.15, 0.2) is 5.78 Å². The van der Waals surface area contributed by atoms with Crippen LogP contribution in [0.2, 0.25) is 0 Å². The summed E-state index contributed by atoms with van der Waals surface area (Å²) in [6.45, 7) is -1.69. The zero-order valence-electron chi connectivity index (χ0n) is 6.29. The third-order valence-corrected chi connectivity index (χ3v) is 1.39. The van der Waals surface area contributed by atoms with Crippen LogP contribution in [0.3, 0.4) is 0 Å². The summed E-state index contributed by atoms with van der Waals surface area (Å²) in [5.74, 6) is -1.00. The van der Waals surface area contributed by atoms with Crippen LogP contribution in [0, 0.1) is 0 Å². The van der Waals surface area contributed by atoms with Crippen LogP contribution in [0.25, 0.3) is 0 Å². The molecule has 74 valence electrons. The van der Waals surface area contributed by atoms with Crippen molar-refractivity contribution in [3.05, 3.63) is 0 Å². The van der Waals surface area contributed by atoms with E-state index in [4.69, 9.17) is 25.5 Å². The molecule has 0 unspecified atom stereocenters. The van der Waals surface area contributed by atoms with Gasteiger partial charge in [-0.3, -0.25) is 4.79 Å². The van der Waals surface area contributed by atoms with Crippen LogP contribution in [0.5, 0.6) is 0 Å². The van der Waals surface area contributed by atoms with E-state index in [0.717, 1.165) is 0 Å². The molecule has 0 aromatic heterocycles. The van der Waals surface area contributed by atoms with Gasteiger partial charge in [0.1, 0.15) is 24.9 Å². The van der Waals surface area contributed by atoms with Gasteiger partial charge in [-0.1, -0.05) is 0 Å². The maximum absolute atomic E-state index is 10.5. The number of aliphatic hydroxyl groups is 5. The summed E-state index contributed by atoms with van der Waals surface area (Å²) >= 11 is 0. The number of aliphatic hydroxyl groups excluding tert-OH is 5. The van der Waals surface area contributed by atoms with Crippen molar-refractivity contribution >= 4 is 35.3 Å². The van der Waals surface area contributed by atoms with Crippen molar-refractivity contribution in [2.75, 3.05) is 13.2 Å². The van der Waals surface area contributed by atoms with E-state index < -0.39 is 37.3 Å². The van der Waals surface area contributed by atoms with Crippen molar-refractivity contribution in [2.45, 2.75) is 18.3 Å². The number of rotatable bonds is 5. The third kappa shape index (κ3) is 5.04. The van der Waals surface area contributed by atoms with Crippen molar-refractivity contribution in [3.8, 4) is 0 Å². The number of Topliss-reactive ketones (excluding diaryl/α,β-unsaturated/α-hetero) is 1. The quantitative estimate of drug-likeness (QED) is 0.291. The summed E-state index contributed by atoms with van der Waals surface area (Å²) in [6, 6.07) is 0. The molecule has 6 nitrogen and oxygen atoms in total. The molecule has 0 aromatic rings. The predicted molar refractivity (Wildman–Crippen MR) is 44.3 cm³/mol. The Balaban J connectivity index is 0. The van der Waals surface area contributed by atoms with Gasteiger partial charge in [-0.15, -0.1) is 0 Å². The number of carbonyl (C=O) groups is 1. The summed E-state index contributed by atoms with van der Waals surface area (Å²) in [6.07, 6.45) is -5.22. The second kappa shape index (κ2) is 7.84. The van der Waals surface area contributed by atoms with E-state index in [1.165, 1.54) is 0 Å². The minimum absolute atomic E-state index is 0. The SMILES string of the molecule is O=C(CO)[C@@H](O)[C@H](O)[C@H](O)CO.[NaH]. The average Bonchev–Trinajstić information content (AvgIpc) is 2.12. The molecule has 0 saturated heterocycles. The fourth-order valence-corrected chi connectivity index (χ4v) is 0.602. The Hall–Kier alpha value is 0.470. The van der Waals surface area contributed by atoms with Crippen LogP contribution in [-0.4, -0.2) is 92.4 Å². The molecule has 0 spiro atoms. The predicted octanol–water partition coefficient (Wildman–Crippen LogP) is -4.03. The van der Waals surface area contributed by atoms with E-state index >= 15 is 0 Å². The van der Waals surface area contributed by atoms with Crippen molar-refractivity contribution in [3.63, 3.8) is 0 Å². The third-order valence-electron chi connectivity index (χ3n) is 1.39. The van der Waals surface area contributed by atoms with Gasteiger partial charge in [0.2, 0.25) is 0 Å². The van der Waals surface area contributed by atoms with Crippen molar-refractivity contribution in [1.29, 1.82) is 0 Å². The Morgan fingerprint density at radius 1 is 1.15 bits per heavy atom. The Morgan fingerprint density at radius 3 is 1.92 bits per heavy atom. The molecule has 0 bridgehead atoms. The molecule has 0 aliphatic rings. The first-order valence-electron chi connectivity index (χ1n) is 3.33. The summed E-state index contributed by atoms with van der Waals surface area (Å²) in [4.78, 5) is 10.5. The number of hydrogen-bond acceptors (Lipinski definition) is 6. The molecule has 0 aliphatic heterocycles. The first kappa shape index (κ1) is 15.9. The topological polar surface area (TPSA) is 118 Å². The number of ketones is 1. The molecule has 3 atom stereocenters. The summed E-state index contributed by atoms with van der Waals surface area (Å²) in [5, 5.41) is 43.1. The molecule has 0 amide bonds. The molecule has 0 rings (SSSR count). The van der Waals surface area contributed by atoms with Crippen molar-refractivity contribution < 1.29 is 30.3 Å². The average molecular weight is 204 g/mol. The van der Waals surface area contributed by atoms with Crippen LogP contribution in [0.4, 0.5) is 0 Å². The van der Waals surface area contributed by atoms with Gasteiger partial charge in [0.25, 0.3) is 0 Å². The van der Waals surface area contributed by atoms with E-state index in [9.17, 15) is 4.79 Å².